The lowest BCUT2D eigenvalue weighted by atomic mass is 9.74. The summed E-state index contributed by atoms with van der Waals surface area (Å²) in [5.41, 5.74) is 0.206. The summed E-state index contributed by atoms with van der Waals surface area (Å²) in [7, 11) is 0. The molecule has 94 valence electrons. The third kappa shape index (κ3) is 4.75. The molecule has 0 aliphatic carbocycles. The second kappa shape index (κ2) is 8.28. The Morgan fingerprint density at radius 2 is 1.88 bits per heavy atom. The fraction of sp³-hybridized carbons (Fsp3) is 0.833. The number of nitrogens with one attached hydrogen (secondary N) is 1. The molecular formula is C12H23NO3. The van der Waals surface area contributed by atoms with E-state index < -0.39 is 0 Å². The SMILES string of the molecule is C=O.CCOC(=O)CC1(CC)CCNCC1. The number of piperidine rings is 1. The lowest BCUT2D eigenvalue weighted by Crippen LogP contribution is -2.38. The van der Waals surface area contributed by atoms with Gasteiger partial charge in [-0.05, 0) is 44.7 Å². The van der Waals surface area contributed by atoms with Crippen LogP contribution < -0.4 is 5.32 Å². The van der Waals surface area contributed by atoms with Gasteiger partial charge in [0.1, 0.15) is 6.79 Å². The molecular weight excluding hydrogens is 206 g/mol. The highest BCUT2D eigenvalue weighted by atomic mass is 16.5. The molecule has 1 rings (SSSR count). The van der Waals surface area contributed by atoms with E-state index in [0.29, 0.717) is 13.0 Å². The third-order valence-electron chi connectivity index (χ3n) is 3.24. The van der Waals surface area contributed by atoms with Gasteiger partial charge in [-0.3, -0.25) is 4.79 Å². The Hall–Kier alpha value is -0.900. The number of ether oxygens (including phenoxy) is 1. The highest BCUT2D eigenvalue weighted by Gasteiger charge is 2.32. The Kier molecular flexibility index (Phi) is 7.81. The van der Waals surface area contributed by atoms with Gasteiger partial charge in [-0.1, -0.05) is 6.92 Å². The first-order chi connectivity index (χ1) is 7.72. The van der Waals surface area contributed by atoms with Crippen molar-refractivity contribution in [2.45, 2.75) is 39.5 Å². The molecule has 0 atom stereocenters. The maximum atomic E-state index is 11.4. The lowest BCUT2D eigenvalue weighted by Gasteiger charge is -2.35. The monoisotopic (exact) mass is 229 g/mol. The van der Waals surface area contributed by atoms with Crippen molar-refractivity contribution in [3.05, 3.63) is 0 Å². The van der Waals surface area contributed by atoms with E-state index in [1.54, 1.807) is 0 Å². The van der Waals surface area contributed by atoms with Gasteiger partial charge in [0.25, 0.3) is 0 Å². The summed E-state index contributed by atoms with van der Waals surface area (Å²) < 4.78 is 5.01. The van der Waals surface area contributed by atoms with Crippen molar-refractivity contribution in [1.29, 1.82) is 0 Å². The van der Waals surface area contributed by atoms with Crippen LogP contribution in [0.15, 0.2) is 0 Å². The fourth-order valence-electron chi connectivity index (χ4n) is 2.13. The minimum absolute atomic E-state index is 0.0312. The van der Waals surface area contributed by atoms with Gasteiger partial charge in [0, 0.05) is 0 Å². The zero-order valence-corrected chi connectivity index (χ0v) is 10.4. The third-order valence-corrected chi connectivity index (χ3v) is 3.24. The Bertz CT molecular complexity index is 200. The molecule has 0 aromatic carbocycles. The van der Waals surface area contributed by atoms with Crippen molar-refractivity contribution in [3.63, 3.8) is 0 Å². The quantitative estimate of drug-likeness (QED) is 0.743. The smallest absolute Gasteiger partial charge is 0.306 e. The van der Waals surface area contributed by atoms with Gasteiger partial charge in [-0.15, -0.1) is 0 Å². The topological polar surface area (TPSA) is 55.4 Å². The van der Waals surface area contributed by atoms with E-state index >= 15 is 0 Å². The van der Waals surface area contributed by atoms with E-state index in [0.717, 1.165) is 32.4 Å². The standard InChI is InChI=1S/C11H21NO2.CH2O/c1-3-11(5-7-12-8-6-11)9-10(13)14-4-2;1-2/h12H,3-9H2,1-2H3;1H2. The highest BCUT2D eigenvalue weighted by molar-refractivity contribution is 5.70. The average Bonchev–Trinajstić information content (AvgIpc) is 2.33. The summed E-state index contributed by atoms with van der Waals surface area (Å²) in [4.78, 5) is 19.4. The molecule has 1 aliphatic rings. The first kappa shape index (κ1) is 15.1. The van der Waals surface area contributed by atoms with Crippen molar-refractivity contribution in [2.24, 2.45) is 5.41 Å². The Labute approximate surface area is 97.7 Å². The second-order valence-corrected chi connectivity index (χ2v) is 4.09. The number of carbonyl (C=O) groups excluding carboxylic acids is 2. The molecule has 4 nitrogen and oxygen atoms in total. The van der Waals surface area contributed by atoms with Gasteiger partial charge in [0.2, 0.25) is 0 Å². The molecule has 0 aromatic heterocycles. The van der Waals surface area contributed by atoms with E-state index in [-0.39, 0.29) is 11.4 Å². The molecule has 1 heterocycles. The zero-order valence-electron chi connectivity index (χ0n) is 10.4. The Balaban J connectivity index is 0.00000106. The minimum atomic E-state index is -0.0312. The molecule has 0 spiro atoms. The van der Waals surface area contributed by atoms with Crippen LogP contribution in [0.2, 0.25) is 0 Å². The number of carbonyl (C=O) groups is 2. The van der Waals surface area contributed by atoms with Crippen molar-refractivity contribution in [1.82, 2.24) is 5.32 Å². The molecule has 1 fully saturated rings. The van der Waals surface area contributed by atoms with Crippen molar-refractivity contribution in [3.8, 4) is 0 Å². The van der Waals surface area contributed by atoms with Crippen molar-refractivity contribution < 1.29 is 14.3 Å². The fourth-order valence-corrected chi connectivity index (χ4v) is 2.13. The molecule has 1 saturated heterocycles. The van der Waals surface area contributed by atoms with Crippen LogP contribution in [0.3, 0.4) is 0 Å². The first-order valence-electron chi connectivity index (χ1n) is 5.87. The molecule has 4 heteroatoms. The van der Waals surface area contributed by atoms with Gasteiger partial charge in [0.05, 0.1) is 13.0 Å². The van der Waals surface area contributed by atoms with Crippen LogP contribution in [-0.4, -0.2) is 32.5 Å². The lowest BCUT2D eigenvalue weighted by molar-refractivity contribution is -0.146. The molecule has 1 N–H and O–H groups in total. The van der Waals surface area contributed by atoms with Crippen molar-refractivity contribution >= 4 is 12.8 Å². The summed E-state index contributed by atoms with van der Waals surface area (Å²) in [5, 5.41) is 3.33. The van der Waals surface area contributed by atoms with Crippen molar-refractivity contribution in [2.75, 3.05) is 19.7 Å². The van der Waals surface area contributed by atoms with Gasteiger partial charge in [0.15, 0.2) is 0 Å². The van der Waals surface area contributed by atoms with Crippen LogP contribution in [-0.2, 0) is 14.3 Å². The predicted molar refractivity (Wildman–Crippen MR) is 63.2 cm³/mol. The van der Waals surface area contributed by atoms with E-state index in [1.165, 1.54) is 0 Å². The minimum Gasteiger partial charge on any atom is -0.466 e. The van der Waals surface area contributed by atoms with Gasteiger partial charge >= 0.3 is 5.97 Å². The molecule has 1 aliphatic heterocycles. The predicted octanol–water partition coefficient (Wildman–Crippen LogP) is 1.53. The highest BCUT2D eigenvalue weighted by Crippen LogP contribution is 2.36. The number of rotatable bonds is 4. The second-order valence-electron chi connectivity index (χ2n) is 4.09. The molecule has 0 bridgehead atoms. The number of hydrogen-bond acceptors (Lipinski definition) is 4. The molecule has 16 heavy (non-hydrogen) atoms. The zero-order chi connectivity index (χ0) is 12.4. The normalized spacial score (nSPS) is 18.1. The number of hydrogen-bond donors (Lipinski definition) is 1. The summed E-state index contributed by atoms with van der Waals surface area (Å²) in [6.07, 6.45) is 3.87. The maximum absolute atomic E-state index is 11.4. The van der Waals surface area contributed by atoms with Crippen LogP contribution in [0.4, 0.5) is 0 Å². The largest absolute Gasteiger partial charge is 0.466 e. The van der Waals surface area contributed by atoms with Gasteiger partial charge < -0.3 is 14.8 Å². The summed E-state index contributed by atoms with van der Waals surface area (Å²) in [5.74, 6) is -0.0312. The number of esters is 1. The molecule has 0 aromatic rings. The van der Waals surface area contributed by atoms with Crippen LogP contribution in [0.25, 0.3) is 0 Å². The molecule has 0 saturated carbocycles. The molecule has 0 unspecified atom stereocenters. The summed E-state index contributed by atoms with van der Waals surface area (Å²) >= 11 is 0. The Morgan fingerprint density at radius 3 is 2.31 bits per heavy atom. The van der Waals surface area contributed by atoms with E-state index in [4.69, 9.17) is 9.53 Å². The maximum Gasteiger partial charge on any atom is 0.306 e. The van der Waals surface area contributed by atoms with Crippen LogP contribution in [0.1, 0.15) is 39.5 Å². The average molecular weight is 229 g/mol. The van der Waals surface area contributed by atoms with Crippen LogP contribution in [0.5, 0.6) is 0 Å². The first-order valence-corrected chi connectivity index (χ1v) is 5.87. The van der Waals surface area contributed by atoms with E-state index in [1.807, 2.05) is 13.7 Å². The van der Waals surface area contributed by atoms with E-state index in [2.05, 4.69) is 12.2 Å². The summed E-state index contributed by atoms with van der Waals surface area (Å²) in [6, 6.07) is 0. The summed E-state index contributed by atoms with van der Waals surface area (Å²) in [6.45, 7) is 8.60. The van der Waals surface area contributed by atoms with E-state index in [9.17, 15) is 4.79 Å². The van der Waals surface area contributed by atoms with Gasteiger partial charge in [-0.2, -0.15) is 0 Å². The molecule has 0 radical (unpaired) electrons. The van der Waals surface area contributed by atoms with Gasteiger partial charge in [-0.25, -0.2) is 0 Å². The Morgan fingerprint density at radius 1 is 1.31 bits per heavy atom. The van der Waals surface area contributed by atoms with Crippen LogP contribution >= 0.6 is 0 Å². The molecule has 0 amide bonds. The van der Waals surface area contributed by atoms with Crippen LogP contribution in [0, 0.1) is 5.41 Å².